The predicted octanol–water partition coefficient (Wildman–Crippen LogP) is 1.02. The van der Waals surface area contributed by atoms with E-state index in [4.69, 9.17) is 4.74 Å². The van der Waals surface area contributed by atoms with Gasteiger partial charge in [0.25, 0.3) is 0 Å². The van der Waals surface area contributed by atoms with E-state index in [1.807, 2.05) is 31.2 Å². The lowest BCUT2D eigenvalue weighted by atomic mass is 10.1. The average Bonchev–Trinajstić information content (AvgIpc) is 2.34. The minimum atomic E-state index is -0.00731. The van der Waals surface area contributed by atoms with Crippen molar-refractivity contribution in [1.82, 2.24) is 5.32 Å². The van der Waals surface area contributed by atoms with Crippen molar-refractivity contribution in [1.29, 1.82) is 0 Å². The summed E-state index contributed by atoms with van der Waals surface area (Å²) in [5.41, 5.74) is 0.931. The SMILES string of the molecule is CCNC1CN(c2ccc(OC)cc2)C1=O. The smallest absolute Gasteiger partial charge is 0.246 e. The van der Waals surface area contributed by atoms with E-state index in [1.165, 1.54) is 0 Å². The van der Waals surface area contributed by atoms with Crippen LogP contribution in [0.4, 0.5) is 5.69 Å². The first-order valence-corrected chi connectivity index (χ1v) is 5.45. The molecular weight excluding hydrogens is 204 g/mol. The van der Waals surface area contributed by atoms with E-state index in [0.29, 0.717) is 0 Å². The Labute approximate surface area is 95.2 Å². The first-order chi connectivity index (χ1) is 7.76. The second kappa shape index (κ2) is 4.53. The van der Waals surface area contributed by atoms with E-state index < -0.39 is 0 Å². The molecule has 1 heterocycles. The lowest BCUT2D eigenvalue weighted by Gasteiger charge is -2.38. The number of rotatable bonds is 4. The van der Waals surface area contributed by atoms with Gasteiger partial charge in [-0.05, 0) is 30.8 Å². The predicted molar refractivity (Wildman–Crippen MR) is 62.8 cm³/mol. The van der Waals surface area contributed by atoms with E-state index in [1.54, 1.807) is 12.0 Å². The molecule has 1 amide bonds. The summed E-state index contributed by atoms with van der Waals surface area (Å²) < 4.78 is 5.07. The number of hydrogen-bond donors (Lipinski definition) is 1. The van der Waals surface area contributed by atoms with Gasteiger partial charge in [-0.25, -0.2) is 0 Å². The summed E-state index contributed by atoms with van der Waals surface area (Å²) >= 11 is 0. The van der Waals surface area contributed by atoms with Crippen LogP contribution in [0.3, 0.4) is 0 Å². The van der Waals surface area contributed by atoms with Gasteiger partial charge in [0.2, 0.25) is 5.91 Å². The van der Waals surface area contributed by atoms with Crippen LogP contribution in [0.5, 0.6) is 5.75 Å². The second-order valence-corrected chi connectivity index (χ2v) is 3.76. The Hall–Kier alpha value is -1.55. The largest absolute Gasteiger partial charge is 0.497 e. The van der Waals surface area contributed by atoms with Gasteiger partial charge in [-0.1, -0.05) is 6.92 Å². The number of anilines is 1. The van der Waals surface area contributed by atoms with Crippen LogP contribution in [0.15, 0.2) is 24.3 Å². The molecule has 16 heavy (non-hydrogen) atoms. The highest BCUT2D eigenvalue weighted by Gasteiger charge is 2.36. The molecular formula is C12H16N2O2. The molecule has 1 atom stereocenters. The Morgan fingerprint density at radius 3 is 2.62 bits per heavy atom. The molecule has 0 spiro atoms. The zero-order valence-electron chi connectivity index (χ0n) is 9.56. The highest BCUT2D eigenvalue weighted by Crippen LogP contribution is 2.24. The third-order valence-electron chi connectivity index (χ3n) is 2.76. The summed E-state index contributed by atoms with van der Waals surface area (Å²) in [6.45, 7) is 3.58. The lowest BCUT2D eigenvalue weighted by molar-refractivity contribution is -0.124. The average molecular weight is 220 g/mol. The molecule has 4 heteroatoms. The van der Waals surface area contributed by atoms with Crippen molar-refractivity contribution in [3.8, 4) is 5.75 Å². The van der Waals surface area contributed by atoms with Crippen LogP contribution in [-0.2, 0) is 4.79 Å². The van der Waals surface area contributed by atoms with Crippen molar-refractivity contribution in [3.63, 3.8) is 0 Å². The third kappa shape index (κ3) is 1.88. The van der Waals surface area contributed by atoms with Crippen LogP contribution < -0.4 is 15.0 Å². The fourth-order valence-electron chi connectivity index (χ4n) is 1.82. The Kier molecular flexibility index (Phi) is 3.10. The summed E-state index contributed by atoms with van der Waals surface area (Å²) in [5.74, 6) is 0.951. The van der Waals surface area contributed by atoms with Gasteiger partial charge in [-0.3, -0.25) is 4.79 Å². The lowest BCUT2D eigenvalue weighted by Crippen LogP contribution is -2.63. The van der Waals surface area contributed by atoms with Crippen molar-refractivity contribution >= 4 is 11.6 Å². The van der Waals surface area contributed by atoms with Crippen molar-refractivity contribution in [3.05, 3.63) is 24.3 Å². The van der Waals surface area contributed by atoms with Gasteiger partial charge >= 0.3 is 0 Å². The minimum Gasteiger partial charge on any atom is -0.497 e. The summed E-state index contributed by atoms with van der Waals surface area (Å²) in [5, 5.41) is 3.14. The monoisotopic (exact) mass is 220 g/mol. The van der Waals surface area contributed by atoms with Crippen LogP contribution in [0, 0.1) is 0 Å². The number of nitrogens with zero attached hydrogens (tertiary/aromatic N) is 1. The summed E-state index contributed by atoms with van der Waals surface area (Å²) in [6, 6.07) is 7.52. The topological polar surface area (TPSA) is 41.6 Å². The molecule has 4 nitrogen and oxygen atoms in total. The molecule has 0 saturated carbocycles. The summed E-state index contributed by atoms with van der Waals surface area (Å²) in [6.07, 6.45) is 0. The minimum absolute atomic E-state index is 0.00731. The van der Waals surface area contributed by atoms with Crippen molar-refractivity contribution in [2.75, 3.05) is 25.1 Å². The van der Waals surface area contributed by atoms with E-state index in [2.05, 4.69) is 5.32 Å². The van der Waals surface area contributed by atoms with E-state index in [-0.39, 0.29) is 11.9 Å². The number of amides is 1. The Balaban J connectivity index is 2.01. The molecule has 1 aliphatic rings. The van der Waals surface area contributed by atoms with Crippen LogP contribution in [0.1, 0.15) is 6.92 Å². The Morgan fingerprint density at radius 2 is 2.12 bits per heavy atom. The number of ether oxygens (including phenoxy) is 1. The van der Waals surface area contributed by atoms with E-state index in [9.17, 15) is 4.79 Å². The normalized spacial score (nSPS) is 19.5. The molecule has 1 saturated heterocycles. The molecule has 0 bridgehead atoms. The van der Waals surface area contributed by atoms with Crippen molar-refractivity contribution in [2.45, 2.75) is 13.0 Å². The van der Waals surface area contributed by atoms with Crippen LogP contribution >= 0.6 is 0 Å². The highest BCUT2D eigenvalue weighted by atomic mass is 16.5. The third-order valence-corrected chi connectivity index (χ3v) is 2.76. The maximum Gasteiger partial charge on any atom is 0.246 e. The van der Waals surface area contributed by atoms with E-state index >= 15 is 0 Å². The van der Waals surface area contributed by atoms with Crippen LogP contribution in [0.25, 0.3) is 0 Å². The maximum absolute atomic E-state index is 11.7. The first kappa shape index (κ1) is 11.0. The molecule has 2 rings (SSSR count). The Bertz CT molecular complexity index is 375. The molecule has 1 N–H and O–H groups in total. The number of benzene rings is 1. The zero-order valence-corrected chi connectivity index (χ0v) is 9.56. The standard InChI is InChI=1S/C12H16N2O2/c1-3-13-11-8-14(12(11)15)9-4-6-10(16-2)7-5-9/h4-7,11,13H,3,8H2,1-2H3. The van der Waals surface area contributed by atoms with Gasteiger partial charge in [0.05, 0.1) is 13.7 Å². The maximum atomic E-state index is 11.7. The number of nitrogens with one attached hydrogen (secondary N) is 1. The number of likely N-dealkylation sites (N-methyl/N-ethyl adjacent to an activating group) is 1. The second-order valence-electron chi connectivity index (χ2n) is 3.76. The number of hydrogen-bond acceptors (Lipinski definition) is 3. The molecule has 86 valence electrons. The molecule has 1 fully saturated rings. The fraction of sp³-hybridized carbons (Fsp3) is 0.417. The number of carbonyl (C=O) groups is 1. The number of β-lactam (4-membered cyclic amide) rings is 1. The van der Waals surface area contributed by atoms with Crippen LogP contribution in [-0.4, -0.2) is 32.1 Å². The number of carbonyl (C=O) groups excluding carboxylic acids is 1. The molecule has 0 radical (unpaired) electrons. The van der Waals surface area contributed by atoms with Crippen molar-refractivity contribution < 1.29 is 9.53 Å². The van der Waals surface area contributed by atoms with E-state index in [0.717, 1.165) is 24.5 Å². The molecule has 1 aromatic rings. The molecule has 1 unspecified atom stereocenters. The van der Waals surface area contributed by atoms with Gasteiger partial charge in [0.15, 0.2) is 0 Å². The molecule has 1 aliphatic heterocycles. The summed E-state index contributed by atoms with van der Waals surface area (Å²) in [7, 11) is 1.63. The number of methoxy groups -OCH3 is 1. The zero-order chi connectivity index (χ0) is 11.5. The molecule has 0 aliphatic carbocycles. The van der Waals surface area contributed by atoms with Crippen LogP contribution in [0.2, 0.25) is 0 Å². The highest BCUT2D eigenvalue weighted by molar-refractivity contribution is 6.04. The Morgan fingerprint density at radius 1 is 1.44 bits per heavy atom. The fourth-order valence-corrected chi connectivity index (χ4v) is 1.82. The van der Waals surface area contributed by atoms with Crippen molar-refractivity contribution in [2.24, 2.45) is 0 Å². The quantitative estimate of drug-likeness (QED) is 0.770. The molecule has 1 aromatic carbocycles. The van der Waals surface area contributed by atoms with Gasteiger partial charge in [0, 0.05) is 5.69 Å². The summed E-state index contributed by atoms with van der Waals surface area (Å²) in [4.78, 5) is 13.5. The van der Waals surface area contributed by atoms with Gasteiger partial charge in [-0.15, -0.1) is 0 Å². The molecule has 0 aromatic heterocycles. The first-order valence-electron chi connectivity index (χ1n) is 5.45. The van der Waals surface area contributed by atoms with Gasteiger partial charge < -0.3 is 15.0 Å². The van der Waals surface area contributed by atoms with Gasteiger partial charge in [-0.2, -0.15) is 0 Å². The van der Waals surface area contributed by atoms with Gasteiger partial charge in [0.1, 0.15) is 11.8 Å².